The van der Waals surface area contributed by atoms with Gasteiger partial charge in [-0.05, 0) is 41.4 Å². The van der Waals surface area contributed by atoms with Gasteiger partial charge in [-0.2, -0.15) is 4.98 Å². The first-order chi connectivity index (χ1) is 15.6. The van der Waals surface area contributed by atoms with E-state index < -0.39 is 0 Å². The summed E-state index contributed by atoms with van der Waals surface area (Å²) in [5.74, 6) is 1.40. The molecule has 0 bridgehead atoms. The number of carbonyl (C=O) groups excluding carboxylic acids is 1. The lowest BCUT2D eigenvalue weighted by Crippen LogP contribution is -2.22. The molecule has 0 aliphatic rings. The molecule has 0 unspecified atom stereocenters. The zero-order chi connectivity index (χ0) is 22.5. The molecule has 1 amide bonds. The van der Waals surface area contributed by atoms with E-state index in [0.717, 1.165) is 5.56 Å². The number of benzene rings is 3. The van der Waals surface area contributed by atoms with E-state index >= 15 is 0 Å². The quantitative estimate of drug-likeness (QED) is 0.388. The summed E-state index contributed by atoms with van der Waals surface area (Å²) in [5.41, 5.74) is 2.83. The topological polar surface area (TPSA) is 85.4 Å². The van der Waals surface area contributed by atoms with Gasteiger partial charge in [-0.15, -0.1) is 0 Å². The minimum absolute atomic E-state index is 0.0870. The van der Waals surface area contributed by atoms with Crippen LogP contribution in [0.5, 0.6) is 11.5 Å². The largest absolute Gasteiger partial charge is 0.493 e. The Morgan fingerprint density at radius 1 is 0.938 bits per heavy atom. The molecule has 8 heteroatoms. The van der Waals surface area contributed by atoms with Gasteiger partial charge in [0.1, 0.15) is 5.82 Å². The third kappa shape index (κ3) is 4.73. The van der Waals surface area contributed by atoms with Crippen molar-refractivity contribution in [3.63, 3.8) is 0 Å². The first kappa shape index (κ1) is 21.4. The van der Waals surface area contributed by atoms with Gasteiger partial charge in [-0.1, -0.05) is 36.4 Å². The highest BCUT2D eigenvalue weighted by Crippen LogP contribution is 2.35. The molecule has 0 atom stereocenters. The van der Waals surface area contributed by atoms with Crippen molar-refractivity contribution in [2.75, 3.05) is 19.5 Å². The van der Waals surface area contributed by atoms with Crippen LogP contribution in [0.25, 0.3) is 10.9 Å². The Labute approximate surface area is 190 Å². The zero-order valence-electron chi connectivity index (χ0n) is 17.6. The average Bonchev–Trinajstić information content (AvgIpc) is 2.82. The highest BCUT2D eigenvalue weighted by molar-refractivity contribution is 6.28. The van der Waals surface area contributed by atoms with Crippen LogP contribution in [0.3, 0.4) is 0 Å². The lowest BCUT2D eigenvalue weighted by Gasteiger charge is -2.13. The standard InChI is InChI=1S/C24H21ClN4O3/c1-31-20-12-18-19(13-21(20)32-2)28-24(25)29-22(18)27-17-10-6-9-16(11-17)23(30)26-14-15-7-4-3-5-8-15/h3-13H,14H2,1-2H3,(H,26,30)(H,27,28,29). The number of fused-ring (bicyclic) bond motifs is 1. The highest BCUT2D eigenvalue weighted by atomic mass is 35.5. The Kier molecular flexibility index (Phi) is 6.37. The number of carbonyl (C=O) groups is 1. The number of aromatic nitrogens is 2. The van der Waals surface area contributed by atoms with Crippen LogP contribution in [0.1, 0.15) is 15.9 Å². The van der Waals surface area contributed by atoms with Gasteiger partial charge < -0.3 is 20.1 Å². The van der Waals surface area contributed by atoms with E-state index in [1.54, 1.807) is 44.6 Å². The normalized spacial score (nSPS) is 10.6. The maximum absolute atomic E-state index is 12.6. The Bertz CT molecular complexity index is 1270. The smallest absolute Gasteiger partial charge is 0.251 e. The first-order valence-electron chi connectivity index (χ1n) is 9.86. The molecule has 7 nitrogen and oxygen atoms in total. The molecule has 0 fully saturated rings. The van der Waals surface area contributed by atoms with Gasteiger partial charge >= 0.3 is 0 Å². The van der Waals surface area contributed by atoms with E-state index in [2.05, 4.69) is 20.6 Å². The molecule has 3 aromatic carbocycles. The molecule has 4 rings (SSSR count). The number of anilines is 2. The molecule has 0 aliphatic heterocycles. The monoisotopic (exact) mass is 448 g/mol. The van der Waals surface area contributed by atoms with Crippen LogP contribution in [0.2, 0.25) is 5.28 Å². The summed E-state index contributed by atoms with van der Waals surface area (Å²) in [6.07, 6.45) is 0. The van der Waals surface area contributed by atoms with Crippen molar-refractivity contribution < 1.29 is 14.3 Å². The van der Waals surface area contributed by atoms with Crippen molar-refractivity contribution >= 4 is 39.9 Å². The van der Waals surface area contributed by atoms with Crippen LogP contribution < -0.4 is 20.1 Å². The van der Waals surface area contributed by atoms with E-state index in [9.17, 15) is 4.79 Å². The lowest BCUT2D eigenvalue weighted by molar-refractivity contribution is 0.0951. The van der Waals surface area contributed by atoms with Crippen molar-refractivity contribution in [1.29, 1.82) is 0 Å². The van der Waals surface area contributed by atoms with E-state index in [1.165, 1.54) is 0 Å². The van der Waals surface area contributed by atoms with Crippen LogP contribution in [-0.4, -0.2) is 30.1 Å². The van der Waals surface area contributed by atoms with Gasteiger partial charge in [-0.3, -0.25) is 4.79 Å². The molecule has 0 saturated heterocycles. The fourth-order valence-corrected chi connectivity index (χ4v) is 3.45. The van der Waals surface area contributed by atoms with Crippen LogP contribution >= 0.6 is 11.6 Å². The number of halogens is 1. The summed E-state index contributed by atoms with van der Waals surface area (Å²) in [6, 6.07) is 20.4. The first-order valence-corrected chi connectivity index (χ1v) is 10.2. The molecular weight excluding hydrogens is 428 g/mol. The molecule has 0 saturated carbocycles. The summed E-state index contributed by atoms with van der Waals surface area (Å²) in [6.45, 7) is 0.450. The Balaban J connectivity index is 1.60. The van der Waals surface area contributed by atoms with Crippen molar-refractivity contribution in [2.45, 2.75) is 6.54 Å². The third-order valence-corrected chi connectivity index (χ3v) is 5.03. The number of methoxy groups -OCH3 is 2. The van der Waals surface area contributed by atoms with Crippen LogP contribution in [0.15, 0.2) is 66.7 Å². The minimum Gasteiger partial charge on any atom is -0.493 e. The summed E-state index contributed by atoms with van der Waals surface area (Å²) < 4.78 is 10.7. The molecule has 1 aromatic heterocycles. The fourth-order valence-electron chi connectivity index (χ4n) is 3.28. The Morgan fingerprint density at radius 3 is 2.44 bits per heavy atom. The maximum Gasteiger partial charge on any atom is 0.251 e. The molecule has 0 spiro atoms. The SMILES string of the molecule is COc1cc2nc(Cl)nc(Nc3cccc(C(=O)NCc4ccccc4)c3)c2cc1OC. The van der Waals surface area contributed by atoms with Gasteiger partial charge in [0.05, 0.1) is 19.7 Å². The fraction of sp³-hybridized carbons (Fsp3) is 0.125. The number of nitrogens with zero attached hydrogens (tertiary/aromatic N) is 2. The average molecular weight is 449 g/mol. The van der Waals surface area contributed by atoms with E-state index in [4.69, 9.17) is 21.1 Å². The maximum atomic E-state index is 12.6. The molecule has 32 heavy (non-hydrogen) atoms. The lowest BCUT2D eigenvalue weighted by atomic mass is 10.1. The molecule has 2 N–H and O–H groups in total. The number of rotatable bonds is 7. The van der Waals surface area contributed by atoms with Gasteiger partial charge in [-0.25, -0.2) is 4.98 Å². The number of hydrogen-bond donors (Lipinski definition) is 2. The van der Waals surface area contributed by atoms with Crippen LogP contribution in [-0.2, 0) is 6.54 Å². The second-order valence-corrected chi connectivity index (χ2v) is 7.28. The second kappa shape index (κ2) is 9.53. The third-order valence-electron chi connectivity index (χ3n) is 4.86. The Morgan fingerprint density at radius 2 is 1.69 bits per heavy atom. The number of amides is 1. The second-order valence-electron chi connectivity index (χ2n) is 6.94. The highest BCUT2D eigenvalue weighted by Gasteiger charge is 2.14. The van der Waals surface area contributed by atoms with Crippen molar-refractivity contribution in [1.82, 2.24) is 15.3 Å². The Hall–Kier alpha value is -3.84. The molecule has 0 aliphatic carbocycles. The molecule has 4 aromatic rings. The van der Waals surface area contributed by atoms with Crippen molar-refractivity contribution in [2.24, 2.45) is 0 Å². The number of nitrogens with one attached hydrogen (secondary N) is 2. The van der Waals surface area contributed by atoms with Crippen LogP contribution in [0.4, 0.5) is 11.5 Å². The summed E-state index contributed by atoms with van der Waals surface area (Å²) in [5, 5.41) is 6.95. The van der Waals surface area contributed by atoms with Crippen LogP contribution in [0, 0.1) is 0 Å². The predicted molar refractivity (Wildman–Crippen MR) is 125 cm³/mol. The van der Waals surface area contributed by atoms with Gasteiger partial charge in [0.2, 0.25) is 5.28 Å². The molecule has 0 radical (unpaired) electrons. The van der Waals surface area contributed by atoms with E-state index in [1.807, 2.05) is 36.4 Å². The predicted octanol–water partition coefficient (Wildman–Crippen LogP) is 4.97. The number of ether oxygens (including phenoxy) is 2. The number of hydrogen-bond acceptors (Lipinski definition) is 6. The van der Waals surface area contributed by atoms with Gasteiger partial charge in [0.25, 0.3) is 5.91 Å². The van der Waals surface area contributed by atoms with E-state index in [0.29, 0.717) is 46.0 Å². The summed E-state index contributed by atoms with van der Waals surface area (Å²) in [4.78, 5) is 21.2. The van der Waals surface area contributed by atoms with Gasteiger partial charge in [0, 0.05) is 29.2 Å². The van der Waals surface area contributed by atoms with Gasteiger partial charge in [0.15, 0.2) is 11.5 Å². The zero-order valence-corrected chi connectivity index (χ0v) is 18.3. The van der Waals surface area contributed by atoms with E-state index in [-0.39, 0.29) is 11.2 Å². The summed E-state index contributed by atoms with van der Waals surface area (Å²) in [7, 11) is 3.12. The van der Waals surface area contributed by atoms with Crippen molar-refractivity contribution in [3.8, 4) is 11.5 Å². The molecule has 1 heterocycles. The molecule has 162 valence electrons. The van der Waals surface area contributed by atoms with Crippen molar-refractivity contribution in [3.05, 3.63) is 83.1 Å². The minimum atomic E-state index is -0.172. The molecular formula is C24H21ClN4O3. The summed E-state index contributed by atoms with van der Waals surface area (Å²) >= 11 is 6.14.